The minimum absolute atomic E-state index is 0.362. The Morgan fingerprint density at radius 3 is 2.67 bits per heavy atom. The molecule has 0 radical (unpaired) electrons. The number of carbonyl (C=O) groups is 1. The van der Waals surface area contributed by atoms with E-state index in [1.54, 1.807) is 42.5 Å². The van der Waals surface area contributed by atoms with Gasteiger partial charge in [0.1, 0.15) is 11.8 Å². The molecule has 6 heteroatoms. The van der Waals surface area contributed by atoms with Gasteiger partial charge in [-0.1, -0.05) is 55.5 Å². The molecule has 1 atom stereocenters. The van der Waals surface area contributed by atoms with E-state index in [0.717, 1.165) is 12.1 Å². The van der Waals surface area contributed by atoms with Crippen LogP contribution in [0.2, 0.25) is 0 Å². The first-order valence-electron chi connectivity index (χ1n) is 7.45. The van der Waals surface area contributed by atoms with Crippen molar-refractivity contribution in [2.45, 2.75) is 19.4 Å². The van der Waals surface area contributed by atoms with Gasteiger partial charge in [-0.2, -0.15) is 5.26 Å². The Labute approximate surface area is 146 Å². The largest absolute Gasteiger partial charge is 0.413 e. The lowest BCUT2D eigenvalue weighted by molar-refractivity contribution is 0.198. The molecule has 1 amide bonds. The van der Waals surface area contributed by atoms with E-state index >= 15 is 0 Å². The number of ether oxygens (including phenoxy) is 1. The molecule has 5 nitrogen and oxygen atoms in total. The second-order valence-corrected chi connectivity index (χ2v) is 5.43. The number of anilines is 1. The molecule has 0 aliphatic carbocycles. The summed E-state index contributed by atoms with van der Waals surface area (Å²) in [5.41, 5.74) is 1.44. The molecule has 122 valence electrons. The van der Waals surface area contributed by atoms with E-state index in [1.165, 1.54) is 0 Å². The Hall–Kier alpha value is -2.91. The van der Waals surface area contributed by atoms with Crippen LogP contribution in [0, 0.1) is 11.3 Å². The fourth-order valence-corrected chi connectivity index (χ4v) is 2.09. The molecule has 0 saturated heterocycles. The first-order valence-corrected chi connectivity index (χ1v) is 7.86. The van der Waals surface area contributed by atoms with Gasteiger partial charge in [0.15, 0.2) is 0 Å². The van der Waals surface area contributed by atoms with Crippen LogP contribution in [0.15, 0.2) is 54.6 Å². The number of nitriles is 1. The number of amides is 1. The van der Waals surface area contributed by atoms with Crippen molar-refractivity contribution in [2.24, 2.45) is 0 Å². The zero-order chi connectivity index (χ0) is 17.4. The fraction of sp³-hybridized carbons (Fsp3) is 0.167. The molecule has 0 spiro atoms. The van der Waals surface area contributed by atoms with Crippen molar-refractivity contribution >= 4 is 29.0 Å². The van der Waals surface area contributed by atoms with Gasteiger partial charge in [-0.05, 0) is 24.1 Å². The summed E-state index contributed by atoms with van der Waals surface area (Å²) in [7, 11) is 0. The van der Waals surface area contributed by atoms with Gasteiger partial charge in [-0.15, -0.1) is 0 Å². The molecular formula is C18H17N3O2S. The monoisotopic (exact) mass is 339 g/mol. The molecule has 0 aliphatic rings. The number of carbonyl (C=O) groups excluding carboxylic acids is 1. The van der Waals surface area contributed by atoms with Crippen LogP contribution >= 0.6 is 12.2 Å². The smallest absolute Gasteiger partial charge is 0.410 e. The lowest BCUT2D eigenvalue weighted by Gasteiger charge is -2.13. The second-order valence-electron chi connectivity index (χ2n) is 4.94. The first-order chi connectivity index (χ1) is 11.6. The summed E-state index contributed by atoms with van der Waals surface area (Å²) in [6.45, 7) is 1.95. The van der Waals surface area contributed by atoms with E-state index < -0.39 is 12.1 Å². The fourth-order valence-electron chi connectivity index (χ4n) is 1.98. The van der Waals surface area contributed by atoms with Gasteiger partial charge < -0.3 is 15.4 Å². The summed E-state index contributed by atoms with van der Waals surface area (Å²) in [6, 6.07) is 17.2. The van der Waals surface area contributed by atoms with E-state index in [4.69, 9.17) is 17.0 Å². The maximum atomic E-state index is 12.0. The number of nitrogens with zero attached hydrogens (tertiary/aromatic N) is 1. The number of hydrogen-bond donors (Lipinski definition) is 2. The topological polar surface area (TPSA) is 74.2 Å². The summed E-state index contributed by atoms with van der Waals surface area (Å²) in [5.74, 6) is 0.362. The van der Waals surface area contributed by atoms with Gasteiger partial charge in [-0.25, -0.2) is 4.79 Å². The summed E-state index contributed by atoms with van der Waals surface area (Å²) >= 11 is 5.13. The predicted octanol–water partition coefficient (Wildman–Crippen LogP) is 4.19. The summed E-state index contributed by atoms with van der Waals surface area (Å²) < 4.78 is 5.24. The van der Waals surface area contributed by atoms with Crippen LogP contribution in [0.5, 0.6) is 5.75 Å². The average molecular weight is 339 g/mol. The van der Waals surface area contributed by atoms with Gasteiger partial charge >= 0.3 is 6.09 Å². The van der Waals surface area contributed by atoms with Crippen molar-refractivity contribution in [2.75, 3.05) is 5.32 Å². The number of hydrogen-bond acceptors (Lipinski definition) is 4. The molecule has 2 rings (SSSR count). The van der Waals surface area contributed by atoms with Crippen LogP contribution in [-0.4, -0.2) is 11.1 Å². The summed E-state index contributed by atoms with van der Waals surface area (Å²) in [6.07, 6.45) is 0.0302. The molecule has 2 aromatic rings. The molecule has 2 aromatic carbocycles. The summed E-state index contributed by atoms with van der Waals surface area (Å²) in [4.78, 5) is 12.7. The molecule has 0 aliphatic heterocycles. The number of thiocarbonyl (C=S) groups is 1. The number of nitrogens with one attached hydrogen (secondary N) is 2. The Morgan fingerprint density at radius 2 is 2.00 bits per heavy atom. The zero-order valence-corrected chi connectivity index (χ0v) is 14.0. The lowest BCUT2D eigenvalue weighted by atomic mass is 10.1. The minimum Gasteiger partial charge on any atom is -0.410 e. The predicted molar refractivity (Wildman–Crippen MR) is 96.9 cm³/mol. The van der Waals surface area contributed by atoms with Gasteiger partial charge in [0.05, 0.1) is 11.1 Å². The highest BCUT2D eigenvalue weighted by Gasteiger charge is 2.15. The quantitative estimate of drug-likeness (QED) is 0.799. The SMILES string of the molecule is CCC(=S)Nc1cccc(OC(=O)NC(C#N)c2ccccc2)c1. The Balaban J connectivity index is 2.00. The van der Waals surface area contributed by atoms with Crippen molar-refractivity contribution in [1.29, 1.82) is 5.26 Å². The van der Waals surface area contributed by atoms with Crippen LogP contribution in [0.25, 0.3) is 0 Å². The molecule has 0 fully saturated rings. The third-order valence-corrected chi connectivity index (χ3v) is 3.56. The normalized spacial score (nSPS) is 11.0. The van der Waals surface area contributed by atoms with Crippen LogP contribution in [0.3, 0.4) is 0 Å². The van der Waals surface area contributed by atoms with Crippen molar-refractivity contribution in [3.05, 3.63) is 60.2 Å². The van der Waals surface area contributed by atoms with Crippen LogP contribution < -0.4 is 15.4 Å². The van der Waals surface area contributed by atoms with E-state index in [1.807, 2.05) is 25.1 Å². The molecule has 0 heterocycles. The highest BCUT2D eigenvalue weighted by molar-refractivity contribution is 7.80. The number of rotatable bonds is 5. The van der Waals surface area contributed by atoms with Crippen LogP contribution in [0.4, 0.5) is 10.5 Å². The van der Waals surface area contributed by atoms with Crippen molar-refractivity contribution in [3.63, 3.8) is 0 Å². The maximum Gasteiger partial charge on any atom is 0.413 e. The van der Waals surface area contributed by atoms with Gasteiger partial charge in [0.25, 0.3) is 0 Å². The average Bonchev–Trinajstić information content (AvgIpc) is 2.60. The molecule has 2 N–H and O–H groups in total. The highest BCUT2D eigenvalue weighted by Crippen LogP contribution is 2.18. The highest BCUT2D eigenvalue weighted by atomic mass is 32.1. The van der Waals surface area contributed by atoms with Gasteiger partial charge in [-0.3, -0.25) is 0 Å². The first kappa shape index (κ1) is 17.4. The molecule has 1 unspecified atom stereocenters. The zero-order valence-electron chi connectivity index (χ0n) is 13.2. The number of benzene rings is 2. The van der Waals surface area contributed by atoms with Gasteiger partial charge in [0, 0.05) is 11.8 Å². The van der Waals surface area contributed by atoms with Gasteiger partial charge in [0.2, 0.25) is 0 Å². The standard InChI is InChI=1S/C18H17N3O2S/c1-2-17(24)20-14-9-6-10-15(11-14)23-18(22)21-16(12-19)13-7-4-3-5-8-13/h3-11,16H,2H2,1H3,(H,20,24)(H,21,22). The van der Waals surface area contributed by atoms with Crippen molar-refractivity contribution in [1.82, 2.24) is 5.32 Å². The van der Waals surface area contributed by atoms with E-state index in [9.17, 15) is 10.1 Å². The van der Waals surface area contributed by atoms with Crippen LogP contribution in [-0.2, 0) is 0 Å². The molecular weight excluding hydrogens is 322 g/mol. The molecule has 0 saturated carbocycles. The molecule has 0 bridgehead atoms. The summed E-state index contributed by atoms with van der Waals surface area (Å²) in [5, 5.41) is 14.8. The van der Waals surface area contributed by atoms with Crippen molar-refractivity contribution < 1.29 is 9.53 Å². The Kier molecular flexibility index (Phi) is 6.29. The third kappa shape index (κ3) is 5.07. The van der Waals surface area contributed by atoms with Crippen LogP contribution in [0.1, 0.15) is 24.9 Å². The lowest BCUT2D eigenvalue weighted by Crippen LogP contribution is -2.30. The Bertz CT molecular complexity index is 756. The second kappa shape index (κ2) is 8.65. The maximum absolute atomic E-state index is 12.0. The van der Waals surface area contributed by atoms with E-state index in [2.05, 4.69) is 10.6 Å². The third-order valence-electron chi connectivity index (χ3n) is 3.17. The van der Waals surface area contributed by atoms with E-state index in [0.29, 0.717) is 16.3 Å². The minimum atomic E-state index is -0.771. The molecule has 24 heavy (non-hydrogen) atoms. The van der Waals surface area contributed by atoms with Crippen molar-refractivity contribution in [3.8, 4) is 11.8 Å². The Morgan fingerprint density at radius 1 is 1.25 bits per heavy atom. The molecule has 0 aromatic heterocycles. The van der Waals surface area contributed by atoms with E-state index in [-0.39, 0.29) is 0 Å².